The zero-order valence-corrected chi connectivity index (χ0v) is 12.8. The van der Waals surface area contributed by atoms with Crippen LogP contribution in [0.15, 0.2) is 42.5 Å². The lowest BCUT2D eigenvalue weighted by Gasteiger charge is -2.13. The van der Waals surface area contributed by atoms with Gasteiger partial charge in [0.05, 0.1) is 6.61 Å². The van der Waals surface area contributed by atoms with Gasteiger partial charge < -0.3 is 15.4 Å². The van der Waals surface area contributed by atoms with E-state index in [2.05, 4.69) is 10.6 Å². The number of halogens is 1. The third-order valence-electron chi connectivity index (χ3n) is 2.94. The molecule has 0 radical (unpaired) electrons. The highest BCUT2D eigenvalue weighted by molar-refractivity contribution is 7.80. The van der Waals surface area contributed by atoms with Crippen LogP contribution in [0.5, 0.6) is 5.75 Å². The summed E-state index contributed by atoms with van der Waals surface area (Å²) in [6.45, 7) is 4.27. The zero-order chi connectivity index (χ0) is 15.2. The molecule has 0 unspecified atom stereocenters. The van der Waals surface area contributed by atoms with E-state index in [4.69, 9.17) is 17.0 Å². The first kappa shape index (κ1) is 15.3. The van der Waals surface area contributed by atoms with Gasteiger partial charge in [-0.15, -0.1) is 0 Å². The molecule has 0 atom stereocenters. The Labute approximate surface area is 129 Å². The van der Waals surface area contributed by atoms with Crippen LogP contribution < -0.4 is 15.4 Å². The molecule has 2 aromatic carbocycles. The Morgan fingerprint density at radius 3 is 2.52 bits per heavy atom. The second-order valence-corrected chi connectivity index (χ2v) is 4.86. The summed E-state index contributed by atoms with van der Waals surface area (Å²) in [6.07, 6.45) is 0. The van der Waals surface area contributed by atoms with Crippen LogP contribution in [0.3, 0.4) is 0 Å². The Morgan fingerprint density at radius 2 is 1.86 bits per heavy atom. The van der Waals surface area contributed by atoms with Crippen molar-refractivity contribution in [3.05, 3.63) is 53.8 Å². The molecule has 0 heterocycles. The number of ether oxygens (including phenoxy) is 1. The molecule has 0 amide bonds. The highest BCUT2D eigenvalue weighted by atomic mass is 32.1. The fourth-order valence-electron chi connectivity index (χ4n) is 1.83. The molecule has 21 heavy (non-hydrogen) atoms. The summed E-state index contributed by atoms with van der Waals surface area (Å²) in [6, 6.07) is 12.3. The molecule has 0 aliphatic rings. The van der Waals surface area contributed by atoms with Crippen molar-refractivity contribution in [1.29, 1.82) is 0 Å². The topological polar surface area (TPSA) is 33.3 Å². The van der Waals surface area contributed by atoms with E-state index in [-0.39, 0.29) is 5.82 Å². The van der Waals surface area contributed by atoms with Crippen molar-refractivity contribution < 1.29 is 9.13 Å². The first-order valence-electron chi connectivity index (χ1n) is 6.66. The second kappa shape index (κ2) is 7.04. The summed E-state index contributed by atoms with van der Waals surface area (Å²) in [5.41, 5.74) is 2.02. The summed E-state index contributed by atoms with van der Waals surface area (Å²) in [5.74, 6) is 0.548. The van der Waals surface area contributed by atoms with Crippen LogP contribution >= 0.6 is 12.2 Å². The SMILES string of the molecule is CCOc1ccc(NC(=S)Nc2cccc(F)c2C)cc1. The summed E-state index contributed by atoms with van der Waals surface area (Å²) in [4.78, 5) is 0. The molecule has 3 nitrogen and oxygen atoms in total. The molecule has 0 saturated heterocycles. The average molecular weight is 304 g/mol. The molecule has 0 aromatic heterocycles. The fourth-order valence-corrected chi connectivity index (χ4v) is 2.06. The molecule has 110 valence electrons. The Morgan fingerprint density at radius 1 is 1.14 bits per heavy atom. The van der Waals surface area contributed by atoms with E-state index in [0.29, 0.717) is 23.0 Å². The van der Waals surface area contributed by atoms with Crippen molar-refractivity contribution in [3.8, 4) is 5.75 Å². The van der Waals surface area contributed by atoms with Gasteiger partial charge in [-0.2, -0.15) is 0 Å². The number of hydrogen-bond donors (Lipinski definition) is 2. The zero-order valence-electron chi connectivity index (χ0n) is 11.9. The van der Waals surface area contributed by atoms with E-state index in [1.54, 1.807) is 19.1 Å². The highest BCUT2D eigenvalue weighted by Gasteiger charge is 2.05. The minimum atomic E-state index is -0.260. The van der Waals surface area contributed by atoms with Crippen molar-refractivity contribution in [3.63, 3.8) is 0 Å². The molecule has 0 saturated carbocycles. The molecular weight excluding hydrogens is 287 g/mol. The van der Waals surface area contributed by atoms with Crippen molar-refractivity contribution in [2.75, 3.05) is 17.2 Å². The highest BCUT2D eigenvalue weighted by Crippen LogP contribution is 2.19. The molecule has 2 rings (SSSR count). The normalized spacial score (nSPS) is 10.0. The summed E-state index contributed by atoms with van der Waals surface area (Å²) < 4.78 is 18.8. The number of hydrogen-bond acceptors (Lipinski definition) is 2. The molecule has 5 heteroatoms. The molecule has 0 aliphatic heterocycles. The lowest BCUT2D eigenvalue weighted by molar-refractivity contribution is 0.340. The average Bonchev–Trinajstić information content (AvgIpc) is 2.46. The van der Waals surface area contributed by atoms with E-state index >= 15 is 0 Å². The quantitative estimate of drug-likeness (QED) is 0.823. The first-order valence-corrected chi connectivity index (χ1v) is 7.07. The van der Waals surface area contributed by atoms with Gasteiger partial charge in [-0.25, -0.2) is 4.39 Å². The van der Waals surface area contributed by atoms with E-state index in [1.807, 2.05) is 31.2 Å². The van der Waals surface area contributed by atoms with Crippen molar-refractivity contribution in [2.24, 2.45) is 0 Å². The van der Waals surface area contributed by atoms with Gasteiger partial charge in [-0.05, 0) is 62.5 Å². The Hall–Kier alpha value is -2.14. The fraction of sp³-hybridized carbons (Fsp3) is 0.188. The molecule has 0 bridgehead atoms. The van der Waals surface area contributed by atoms with Crippen LogP contribution in [-0.2, 0) is 0 Å². The van der Waals surface area contributed by atoms with Gasteiger partial charge in [-0.3, -0.25) is 0 Å². The van der Waals surface area contributed by atoms with Crippen LogP contribution in [0.25, 0.3) is 0 Å². The summed E-state index contributed by atoms with van der Waals surface area (Å²) in [5, 5.41) is 6.45. The van der Waals surface area contributed by atoms with Gasteiger partial charge in [0.1, 0.15) is 11.6 Å². The number of benzene rings is 2. The minimum Gasteiger partial charge on any atom is -0.494 e. The molecule has 0 spiro atoms. The van der Waals surface area contributed by atoms with E-state index in [9.17, 15) is 4.39 Å². The maximum absolute atomic E-state index is 13.5. The molecule has 2 N–H and O–H groups in total. The van der Waals surface area contributed by atoms with E-state index in [1.165, 1.54) is 6.07 Å². The van der Waals surface area contributed by atoms with Gasteiger partial charge in [0.25, 0.3) is 0 Å². The summed E-state index contributed by atoms with van der Waals surface area (Å²) >= 11 is 5.23. The van der Waals surface area contributed by atoms with Gasteiger partial charge in [-0.1, -0.05) is 6.07 Å². The van der Waals surface area contributed by atoms with Crippen LogP contribution in [0, 0.1) is 12.7 Å². The molecule has 0 fully saturated rings. The Bertz CT molecular complexity index is 629. The van der Waals surface area contributed by atoms with Gasteiger partial charge in [0.15, 0.2) is 5.11 Å². The number of thiocarbonyl (C=S) groups is 1. The standard InChI is InChI=1S/C16H17FN2OS/c1-3-20-13-9-7-12(8-10-13)18-16(21)19-15-6-4-5-14(17)11(15)2/h4-10H,3H2,1-2H3,(H2,18,19,21). The number of nitrogens with one attached hydrogen (secondary N) is 2. The minimum absolute atomic E-state index is 0.260. The lowest BCUT2D eigenvalue weighted by Crippen LogP contribution is -2.19. The van der Waals surface area contributed by atoms with Crippen LogP contribution in [-0.4, -0.2) is 11.7 Å². The maximum atomic E-state index is 13.5. The van der Waals surface area contributed by atoms with Crippen molar-refractivity contribution in [1.82, 2.24) is 0 Å². The van der Waals surface area contributed by atoms with Gasteiger partial charge in [0.2, 0.25) is 0 Å². The largest absolute Gasteiger partial charge is 0.494 e. The van der Waals surface area contributed by atoms with Crippen molar-refractivity contribution >= 4 is 28.7 Å². The predicted octanol–water partition coefficient (Wildman–Crippen LogP) is 4.34. The molecule has 2 aromatic rings. The lowest BCUT2D eigenvalue weighted by atomic mass is 10.2. The van der Waals surface area contributed by atoms with Gasteiger partial charge >= 0.3 is 0 Å². The Kier molecular flexibility index (Phi) is 5.11. The van der Waals surface area contributed by atoms with E-state index < -0.39 is 0 Å². The monoisotopic (exact) mass is 304 g/mol. The molecular formula is C16H17FN2OS. The Balaban J connectivity index is 1.99. The van der Waals surface area contributed by atoms with Crippen LogP contribution in [0.2, 0.25) is 0 Å². The van der Waals surface area contributed by atoms with Crippen LogP contribution in [0.1, 0.15) is 12.5 Å². The number of rotatable bonds is 4. The van der Waals surface area contributed by atoms with Crippen molar-refractivity contribution in [2.45, 2.75) is 13.8 Å². The smallest absolute Gasteiger partial charge is 0.175 e. The maximum Gasteiger partial charge on any atom is 0.175 e. The third kappa shape index (κ3) is 4.16. The second-order valence-electron chi connectivity index (χ2n) is 4.45. The third-order valence-corrected chi connectivity index (χ3v) is 3.14. The number of anilines is 2. The van der Waals surface area contributed by atoms with Gasteiger partial charge in [0, 0.05) is 16.9 Å². The summed E-state index contributed by atoms with van der Waals surface area (Å²) in [7, 11) is 0. The predicted molar refractivity (Wildman–Crippen MR) is 88.6 cm³/mol. The molecule has 0 aliphatic carbocycles. The first-order chi connectivity index (χ1) is 10.1. The van der Waals surface area contributed by atoms with E-state index in [0.717, 1.165) is 11.4 Å². The van der Waals surface area contributed by atoms with Crippen LogP contribution in [0.4, 0.5) is 15.8 Å².